The lowest BCUT2D eigenvalue weighted by molar-refractivity contribution is -0.123. The molecule has 1 aliphatic rings. The topological polar surface area (TPSA) is 41.6 Å². The molecule has 0 saturated carbocycles. The van der Waals surface area contributed by atoms with Gasteiger partial charge in [-0.3, -0.25) is 4.79 Å². The molecule has 3 rings (SSSR count). The van der Waals surface area contributed by atoms with Gasteiger partial charge in [-0.15, -0.1) is 0 Å². The van der Waals surface area contributed by atoms with Crippen LogP contribution in [0.15, 0.2) is 53.0 Å². The van der Waals surface area contributed by atoms with Crippen LogP contribution in [0.25, 0.3) is 0 Å². The summed E-state index contributed by atoms with van der Waals surface area (Å²) < 4.78 is 6.45. The SMILES string of the molecule is O=C(COc1ccc(Br)cc1)NCc1ccc(N2CCCCC2)cc1. The van der Waals surface area contributed by atoms with Crippen LogP contribution in [0.2, 0.25) is 0 Å². The van der Waals surface area contributed by atoms with Crippen LogP contribution < -0.4 is 15.0 Å². The number of benzene rings is 2. The number of hydrogen-bond acceptors (Lipinski definition) is 3. The van der Waals surface area contributed by atoms with Crippen LogP contribution >= 0.6 is 15.9 Å². The van der Waals surface area contributed by atoms with Crippen molar-refractivity contribution < 1.29 is 9.53 Å². The molecule has 4 nitrogen and oxygen atoms in total. The smallest absolute Gasteiger partial charge is 0.258 e. The minimum atomic E-state index is -0.122. The minimum absolute atomic E-state index is 0.0213. The van der Waals surface area contributed by atoms with E-state index in [1.54, 1.807) is 0 Å². The van der Waals surface area contributed by atoms with Gasteiger partial charge in [0.2, 0.25) is 0 Å². The summed E-state index contributed by atoms with van der Waals surface area (Å²) in [4.78, 5) is 14.3. The number of halogens is 1. The second kappa shape index (κ2) is 8.90. The Kier molecular flexibility index (Phi) is 6.34. The highest BCUT2D eigenvalue weighted by Gasteiger charge is 2.10. The van der Waals surface area contributed by atoms with Crippen LogP contribution in [0.4, 0.5) is 5.69 Å². The molecule has 25 heavy (non-hydrogen) atoms. The molecular weight excluding hydrogens is 380 g/mol. The quantitative estimate of drug-likeness (QED) is 0.789. The summed E-state index contributed by atoms with van der Waals surface area (Å²) >= 11 is 3.37. The summed E-state index contributed by atoms with van der Waals surface area (Å²) in [5.74, 6) is 0.562. The van der Waals surface area contributed by atoms with Crippen LogP contribution in [-0.4, -0.2) is 25.6 Å². The van der Waals surface area contributed by atoms with E-state index in [2.05, 4.69) is 50.4 Å². The Labute approximate surface area is 157 Å². The van der Waals surface area contributed by atoms with Gasteiger partial charge in [0, 0.05) is 29.8 Å². The van der Waals surface area contributed by atoms with Gasteiger partial charge in [0.05, 0.1) is 0 Å². The van der Waals surface area contributed by atoms with Crippen molar-refractivity contribution in [2.45, 2.75) is 25.8 Å². The molecule has 0 bridgehead atoms. The van der Waals surface area contributed by atoms with E-state index in [4.69, 9.17) is 4.74 Å². The third kappa shape index (κ3) is 5.49. The molecule has 0 spiro atoms. The van der Waals surface area contributed by atoms with Crippen LogP contribution in [-0.2, 0) is 11.3 Å². The van der Waals surface area contributed by atoms with E-state index in [0.29, 0.717) is 12.3 Å². The summed E-state index contributed by atoms with van der Waals surface area (Å²) in [6.07, 6.45) is 3.88. The van der Waals surface area contributed by atoms with Crippen molar-refractivity contribution in [3.05, 3.63) is 58.6 Å². The van der Waals surface area contributed by atoms with E-state index in [-0.39, 0.29) is 12.5 Å². The Morgan fingerprint density at radius 2 is 1.68 bits per heavy atom. The normalized spacial score (nSPS) is 14.2. The van der Waals surface area contributed by atoms with Crippen molar-refractivity contribution in [3.63, 3.8) is 0 Å². The van der Waals surface area contributed by atoms with Gasteiger partial charge in [0.25, 0.3) is 5.91 Å². The fraction of sp³-hybridized carbons (Fsp3) is 0.350. The standard InChI is InChI=1S/C20H23BrN2O2/c21-17-6-10-19(11-7-17)25-15-20(24)22-14-16-4-8-18(9-5-16)23-12-2-1-3-13-23/h4-11H,1-3,12-15H2,(H,22,24). The highest BCUT2D eigenvalue weighted by Crippen LogP contribution is 2.20. The zero-order valence-corrected chi connectivity index (χ0v) is 15.8. The summed E-state index contributed by atoms with van der Waals surface area (Å²) in [5, 5.41) is 2.89. The number of carbonyl (C=O) groups excluding carboxylic acids is 1. The predicted octanol–water partition coefficient (Wildman–Crippen LogP) is 4.13. The average Bonchev–Trinajstić information content (AvgIpc) is 2.67. The Morgan fingerprint density at radius 1 is 1.00 bits per heavy atom. The molecule has 2 aromatic rings. The molecule has 1 amide bonds. The first-order valence-electron chi connectivity index (χ1n) is 8.70. The lowest BCUT2D eigenvalue weighted by Gasteiger charge is -2.28. The molecule has 2 aromatic carbocycles. The first kappa shape index (κ1) is 17.8. The molecule has 132 valence electrons. The molecule has 0 unspecified atom stereocenters. The summed E-state index contributed by atoms with van der Waals surface area (Å²) in [6, 6.07) is 15.9. The van der Waals surface area contributed by atoms with Crippen molar-refractivity contribution in [2.24, 2.45) is 0 Å². The molecule has 5 heteroatoms. The number of amides is 1. The van der Waals surface area contributed by atoms with Crippen LogP contribution in [0, 0.1) is 0 Å². The average molecular weight is 403 g/mol. The number of nitrogens with zero attached hydrogens (tertiary/aromatic N) is 1. The number of ether oxygens (including phenoxy) is 1. The van der Waals surface area contributed by atoms with E-state index < -0.39 is 0 Å². The summed E-state index contributed by atoms with van der Waals surface area (Å²) in [6.45, 7) is 2.82. The number of nitrogens with one attached hydrogen (secondary N) is 1. The zero-order valence-electron chi connectivity index (χ0n) is 14.2. The van der Waals surface area contributed by atoms with Crippen LogP contribution in [0.1, 0.15) is 24.8 Å². The fourth-order valence-electron chi connectivity index (χ4n) is 2.91. The van der Waals surface area contributed by atoms with E-state index >= 15 is 0 Å². The van der Waals surface area contributed by atoms with Crippen molar-refractivity contribution in [2.75, 3.05) is 24.6 Å². The van der Waals surface area contributed by atoms with Crippen molar-refractivity contribution in [3.8, 4) is 5.75 Å². The van der Waals surface area contributed by atoms with Gasteiger partial charge in [-0.25, -0.2) is 0 Å². The van der Waals surface area contributed by atoms with Gasteiger partial charge in [-0.2, -0.15) is 0 Å². The molecule has 1 N–H and O–H groups in total. The van der Waals surface area contributed by atoms with Crippen LogP contribution in [0.3, 0.4) is 0 Å². The van der Waals surface area contributed by atoms with E-state index in [1.807, 2.05) is 24.3 Å². The largest absolute Gasteiger partial charge is 0.484 e. The molecule has 0 aliphatic carbocycles. The van der Waals surface area contributed by atoms with E-state index in [9.17, 15) is 4.79 Å². The lowest BCUT2D eigenvalue weighted by atomic mass is 10.1. The van der Waals surface area contributed by atoms with Gasteiger partial charge in [0.15, 0.2) is 6.61 Å². The monoisotopic (exact) mass is 402 g/mol. The number of piperidine rings is 1. The first-order chi connectivity index (χ1) is 12.2. The Bertz CT molecular complexity index is 680. The molecule has 0 aromatic heterocycles. The van der Waals surface area contributed by atoms with E-state index in [0.717, 1.165) is 23.1 Å². The van der Waals surface area contributed by atoms with Crippen molar-refractivity contribution in [1.29, 1.82) is 0 Å². The lowest BCUT2D eigenvalue weighted by Crippen LogP contribution is -2.29. The molecule has 1 fully saturated rings. The second-order valence-electron chi connectivity index (χ2n) is 6.23. The maximum atomic E-state index is 11.9. The predicted molar refractivity (Wildman–Crippen MR) is 104 cm³/mol. The minimum Gasteiger partial charge on any atom is -0.484 e. The molecule has 0 atom stereocenters. The van der Waals surface area contributed by atoms with Gasteiger partial charge < -0.3 is 15.0 Å². The first-order valence-corrected chi connectivity index (χ1v) is 9.49. The molecule has 0 radical (unpaired) electrons. The maximum Gasteiger partial charge on any atom is 0.258 e. The van der Waals surface area contributed by atoms with Crippen molar-refractivity contribution in [1.82, 2.24) is 5.32 Å². The summed E-state index contributed by atoms with van der Waals surface area (Å²) in [5.41, 5.74) is 2.37. The second-order valence-corrected chi connectivity index (χ2v) is 7.15. The van der Waals surface area contributed by atoms with Gasteiger partial charge in [-0.1, -0.05) is 28.1 Å². The van der Waals surface area contributed by atoms with E-state index in [1.165, 1.54) is 24.9 Å². The number of anilines is 1. The van der Waals surface area contributed by atoms with Crippen LogP contribution in [0.5, 0.6) is 5.75 Å². The molecule has 1 heterocycles. The highest BCUT2D eigenvalue weighted by atomic mass is 79.9. The maximum absolute atomic E-state index is 11.9. The molecular formula is C20H23BrN2O2. The van der Waals surface area contributed by atoms with Gasteiger partial charge >= 0.3 is 0 Å². The Morgan fingerprint density at radius 3 is 2.36 bits per heavy atom. The zero-order chi connectivity index (χ0) is 17.5. The number of rotatable bonds is 6. The third-order valence-electron chi connectivity index (χ3n) is 4.33. The third-order valence-corrected chi connectivity index (χ3v) is 4.86. The van der Waals surface area contributed by atoms with Crippen molar-refractivity contribution >= 4 is 27.5 Å². The Balaban J connectivity index is 1.43. The molecule has 1 aliphatic heterocycles. The Hall–Kier alpha value is -2.01. The summed E-state index contributed by atoms with van der Waals surface area (Å²) in [7, 11) is 0. The number of hydrogen-bond donors (Lipinski definition) is 1. The van der Waals surface area contributed by atoms with Gasteiger partial charge in [-0.05, 0) is 61.2 Å². The van der Waals surface area contributed by atoms with Gasteiger partial charge in [0.1, 0.15) is 5.75 Å². The fourth-order valence-corrected chi connectivity index (χ4v) is 3.17. The number of carbonyl (C=O) groups is 1. The highest BCUT2D eigenvalue weighted by molar-refractivity contribution is 9.10. The molecule has 1 saturated heterocycles.